The van der Waals surface area contributed by atoms with Crippen LogP contribution in [0.5, 0.6) is 0 Å². The number of aromatic nitrogens is 2. The van der Waals surface area contributed by atoms with Gasteiger partial charge in [-0.2, -0.15) is 0 Å². The average molecular weight is 299 g/mol. The number of benzene rings is 1. The Morgan fingerprint density at radius 1 is 1.53 bits per heavy atom. The van der Waals surface area contributed by atoms with Gasteiger partial charge in [-0.25, -0.2) is 9.37 Å². The predicted octanol–water partition coefficient (Wildman–Crippen LogP) is 2.60. The first-order valence-electron chi connectivity index (χ1n) is 5.17. The summed E-state index contributed by atoms with van der Waals surface area (Å²) in [7, 11) is 1.86. The molecule has 90 valence electrons. The Labute approximate surface area is 107 Å². The Hall–Kier alpha value is -1.20. The van der Waals surface area contributed by atoms with Crippen molar-refractivity contribution >= 4 is 15.9 Å². The van der Waals surface area contributed by atoms with Crippen molar-refractivity contribution in [3.8, 4) is 0 Å². The second-order valence-corrected chi connectivity index (χ2v) is 4.69. The van der Waals surface area contributed by atoms with Crippen molar-refractivity contribution in [3.05, 3.63) is 52.3 Å². The summed E-state index contributed by atoms with van der Waals surface area (Å²) in [5.74, 6) is 0.399. The van der Waals surface area contributed by atoms with Crippen molar-refractivity contribution < 1.29 is 9.50 Å². The van der Waals surface area contributed by atoms with Crippen molar-refractivity contribution in [1.29, 1.82) is 0 Å². The number of imidazole rings is 1. The molecule has 2 aromatic rings. The lowest BCUT2D eigenvalue weighted by molar-refractivity contribution is 0.173. The maximum Gasteiger partial charge on any atom is 0.123 e. The number of rotatable bonds is 3. The van der Waals surface area contributed by atoms with E-state index in [1.807, 2.05) is 17.8 Å². The van der Waals surface area contributed by atoms with E-state index in [9.17, 15) is 9.50 Å². The Bertz CT molecular complexity index is 527. The van der Waals surface area contributed by atoms with Gasteiger partial charge >= 0.3 is 0 Å². The van der Waals surface area contributed by atoms with Crippen molar-refractivity contribution in [2.75, 3.05) is 0 Å². The van der Waals surface area contributed by atoms with Crippen LogP contribution in [0.4, 0.5) is 4.39 Å². The lowest BCUT2D eigenvalue weighted by atomic mass is 10.1. The van der Waals surface area contributed by atoms with E-state index in [0.29, 0.717) is 16.5 Å². The molecule has 2 rings (SSSR count). The van der Waals surface area contributed by atoms with Gasteiger partial charge in [0.2, 0.25) is 0 Å². The lowest BCUT2D eigenvalue weighted by Gasteiger charge is -2.12. The predicted molar refractivity (Wildman–Crippen MR) is 66.0 cm³/mol. The smallest absolute Gasteiger partial charge is 0.123 e. The van der Waals surface area contributed by atoms with Gasteiger partial charge in [0.25, 0.3) is 0 Å². The quantitative estimate of drug-likeness (QED) is 0.946. The minimum absolute atomic E-state index is 0.353. The highest BCUT2D eigenvalue weighted by atomic mass is 79.9. The Balaban J connectivity index is 2.23. The molecule has 0 amide bonds. The van der Waals surface area contributed by atoms with Crippen molar-refractivity contribution in [2.45, 2.75) is 12.5 Å². The van der Waals surface area contributed by atoms with E-state index in [4.69, 9.17) is 0 Å². The Morgan fingerprint density at radius 2 is 2.29 bits per heavy atom. The first-order valence-corrected chi connectivity index (χ1v) is 5.96. The van der Waals surface area contributed by atoms with Gasteiger partial charge < -0.3 is 9.67 Å². The molecule has 1 aromatic heterocycles. The van der Waals surface area contributed by atoms with Crippen LogP contribution in [-0.2, 0) is 13.5 Å². The van der Waals surface area contributed by atoms with Gasteiger partial charge in [0, 0.05) is 30.3 Å². The molecule has 0 aliphatic heterocycles. The maximum atomic E-state index is 13.1. The van der Waals surface area contributed by atoms with E-state index in [2.05, 4.69) is 20.9 Å². The zero-order chi connectivity index (χ0) is 12.4. The fourth-order valence-corrected chi connectivity index (χ4v) is 2.16. The van der Waals surface area contributed by atoms with Crippen LogP contribution in [0.3, 0.4) is 0 Å². The van der Waals surface area contributed by atoms with Gasteiger partial charge in [-0.1, -0.05) is 15.9 Å². The SMILES string of the molecule is Cn1ccnc1CC(O)c1cc(F)ccc1Br. The van der Waals surface area contributed by atoms with Crippen LogP contribution in [0.15, 0.2) is 35.1 Å². The molecule has 0 spiro atoms. The summed E-state index contributed by atoms with van der Waals surface area (Å²) in [6.07, 6.45) is 3.05. The van der Waals surface area contributed by atoms with Crippen LogP contribution in [0.1, 0.15) is 17.5 Å². The highest BCUT2D eigenvalue weighted by Gasteiger charge is 2.15. The van der Waals surface area contributed by atoms with Gasteiger partial charge in [-0.15, -0.1) is 0 Å². The van der Waals surface area contributed by atoms with Crippen LogP contribution in [0, 0.1) is 5.82 Å². The van der Waals surface area contributed by atoms with Crippen LogP contribution < -0.4 is 0 Å². The third-order valence-corrected chi connectivity index (χ3v) is 3.34. The van der Waals surface area contributed by atoms with Gasteiger partial charge in [-0.3, -0.25) is 0 Å². The summed E-state index contributed by atoms with van der Waals surface area (Å²) in [5, 5.41) is 10.1. The topological polar surface area (TPSA) is 38.0 Å². The molecule has 1 aromatic carbocycles. The summed E-state index contributed by atoms with van der Waals surface area (Å²) in [6.45, 7) is 0. The highest BCUT2D eigenvalue weighted by molar-refractivity contribution is 9.10. The van der Waals surface area contributed by atoms with E-state index in [0.717, 1.165) is 5.82 Å². The van der Waals surface area contributed by atoms with Gasteiger partial charge in [0.15, 0.2) is 0 Å². The number of aliphatic hydroxyl groups is 1. The van der Waals surface area contributed by atoms with Gasteiger partial charge in [0.1, 0.15) is 11.6 Å². The van der Waals surface area contributed by atoms with Gasteiger partial charge in [-0.05, 0) is 23.8 Å². The van der Waals surface area contributed by atoms with Crippen molar-refractivity contribution in [2.24, 2.45) is 7.05 Å². The maximum absolute atomic E-state index is 13.1. The molecule has 0 aliphatic carbocycles. The molecule has 5 heteroatoms. The molecule has 1 unspecified atom stereocenters. The number of halogens is 2. The van der Waals surface area contributed by atoms with Gasteiger partial charge in [0.05, 0.1) is 6.10 Å². The molecular formula is C12H12BrFN2O. The molecule has 0 fully saturated rings. The molecular weight excluding hydrogens is 287 g/mol. The number of nitrogens with zero attached hydrogens (tertiary/aromatic N) is 2. The van der Waals surface area contributed by atoms with Crippen LogP contribution in [-0.4, -0.2) is 14.7 Å². The molecule has 1 N–H and O–H groups in total. The first kappa shape index (κ1) is 12.3. The normalized spacial score (nSPS) is 12.7. The number of aryl methyl sites for hydroxylation is 1. The molecule has 0 radical (unpaired) electrons. The Morgan fingerprint density at radius 3 is 2.94 bits per heavy atom. The standard InChI is InChI=1S/C12H12BrFN2O/c1-16-5-4-15-12(16)7-11(17)9-6-8(14)2-3-10(9)13/h2-6,11,17H,7H2,1H3. The van der Waals surface area contributed by atoms with E-state index >= 15 is 0 Å². The summed E-state index contributed by atoms with van der Waals surface area (Å²) in [4.78, 5) is 4.13. The molecule has 1 heterocycles. The summed E-state index contributed by atoms with van der Waals surface area (Å²) >= 11 is 3.30. The largest absolute Gasteiger partial charge is 0.388 e. The van der Waals surface area contributed by atoms with Crippen LogP contribution >= 0.6 is 15.9 Å². The molecule has 0 saturated carbocycles. The number of aliphatic hydroxyl groups excluding tert-OH is 1. The molecule has 17 heavy (non-hydrogen) atoms. The molecule has 0 bridgehead atoms. The van der Waals surface area contributed by atoms with Crippen LogP contribution in [0.25, 0.3) is 0 Å². The van der Waals surface area contributed by atoms with Crippen molar-refractivity contribution in [1.82, 2.24) is 9.55 Å². The number of hydrogen-bond donors (Lipinski definition) is 1. The van der Waals surface area contributed by atoms with E-state index in [1.165, 1.54) is 12.1 Å². The minimum Gasteiger partial charge on any atom is -0.388 e. The van der Waals surface area contributed by atoms with Crippen LogP contribution in [0.2, 0.25) is 0 Å². The first-order chi connectivity index (χ1) is 8.08. The van der Waals surface area contributed by atoms with E-state index < -0.39 is 6.10 Å². The highest BCUT2D eigenvalue weighted by Crippen LogP contribution is 2.26. The second kappa shape index (κ2) is 4.98. The monoisotopic (exact) mass is 298 g/mol. The third-order valence-electron chi connectivity index (χ3n) is 2.61. The van der Waals surface area contributed by atoms with E-state index in [-0.39, 0.29) is 5.82 Å². The zero-order valence-corrected chi connectivity index (χ0v) is 10.9. The second-order valence-electron chi connectivity index (χ2n) is 3.84. The molecule has 0 aliphatic rings. The average Bonchev–Trinajstić information content (AvgIpc) is 2.68. The molecule has 3 nitrogen and oxygen atoms in total. The fraction of sp³-hybridized carbons (Fsp3) is 0.250. The summed E-state index contributed by atoms with van der Waals surface area (Å²) in [5.41, 5.74) is 0.535. The summed E-state index contributed by atoms with van der Waals surface area (Å²) in [6, 6.07) is 4.27. The molecule has 1 atom stereocenters. The molecule has 0 saturated heterocycles. The fourth-order valence-electron chi connectivity index (χ4n) is 1.65. The Kier molecular flexibility index (Phi) is 3.59. The summed E-state index contributed by atoms with van der Waals surface area (Å²) < 4.78 is 15.6. The third kappa shape index (κ3) is 2.73. The zero-order valence-electron chi connectivity index (χ0n) is 9.27. The minimum atomic E-state index is -0.777. The lowest BCUT2D eigenvalue weighted by Crippen LogP contribution is -2.07. The number of hydrogen-bond acceptors (Lipinski definition) is 2. The van der Waals surface area contributed by atoms with Crippen molar-refractivity contribution in [3.63, 3.8) is 0 Å². The van der Waals surface area contributed by atoms with E-state index in [1.54, 1.807) is 12.3 Å².